The molecule has 0 bridgehead atoms. The maximum absolute atomic E-state index is 12.0. The minimum Gasteiger partial charge on any atom is -0.368 e. The molecule has 1 aliphatic rings. The van der Waals surface area contributed by atoms with Crippen LogP contribution >= 0.6 is 0 Å². The van der Waals surface area contributed by atoms with E-state index in [1.54, 1.807) is 24.3 Å². The van der Waals surface area contributed by atoms with Gasteiger partial charge in [0.1, 0.15) is 12.1 Å². The van der Waals surface area contributed by atoms with Crippen molar-refractivity contribution in [3.8, 4) is 6.07 Å². The Bertz CT molecular complexity index is 650. The first kappa shape index (κ1) is 15.5. The zero-order chi connectivity index (χ0) is 16.1. The summed E-state index contributed by atoms with van der Waals surface area (Å²) in [6.07, 6.45) is 0.890. The summed E-state index contributed by atoms with van der Waals surface area (Å²) >= 11 is 0. The van der Waals surface area contributed by atoms with Crippen molar-refractivity contribution in [3.63, 3.8) is 0 Å². The van der Waals surface area contributed by atoms with Crippen molar-refractivity contribution in [2.24, 2.45) is 5.73 Å². The second kappa shape index (κ2) is 6.72. The van der Waals surface area contributed by atoms with E-state index in [4.69, 9.17) is 11.0 Å². The predicted molar refractivity (Wildman–Crippen MR) is 77.2 cm³/mol. The summed E-state index contributed by atoms with van der Waals surface area (Å²) in [7, 11) is 0. The molecule has 0 spiro atoms. The zero-order valence-electron chi connectivity index (χ0n) is 11.8. The van der Waals surface area contributed by atoms with Crippen LogP contribution in [0, 0.1) is 11.3 Å². The second-order valence-electron chi connectivity index (χ2n) is 5.14. The summed E-state index contributed by atoms with van der Waals surface area (Å²) < 4.78 is 0. The number of primary amides is 1. The minimum atomic E-state index is -0.890. The molecular formula is C15H16N4O3. The van der Waals surface area contributed by atoms with Gasteiger partial charge in [0, 0.05) is 12.8 Å². The van der Waals surface area contributed by atoms with E-state index in [0.29, 0.717) is 18.4 Å². The Morgan fingerprint density at radius 1 is 1.50 bits per heavy atom. The van der Waals surface area contributed by atoms with E-state index in [1.807, 2.05) is 6.07 Å². The van der Waals surface area contributed by atoms with Gasteiger partial charge < -0.3 is 16.4 Å². The molecule has 1 heterocycles. The number of hydrogen-bond acceptors (Lipinski definition) is 4. The molecule has 7 nitrogen and oxygen atoms in total. The fourth-order valence-corrected chi connectivity index (χ4v) is 2.31. The van der Waals surface area contributed by atoms with E-state index < -0.39 is 23.9 Å². The number of benzene rings is 1. The highest BCUT2D eigenvalue weighted by Crippen LogP contribution is 2.09. The van der Waals surface area contributed by atoms with E-state index >= 15 is 0 Å². The van der Waals surface area contributed by atoms with Crippen LogP contribution in [0.15, 0.2) is 24.3 Å². The molecule has 4 N–H and O–H groups in total. The van der Waals surface area contributed by atoms with Crippen LogP contribution in [0.5, 0.6) is 0 Å². The molecule has 1 fully saturated rings. The molecule has 3 amide bonds. The van der Waals surface area contributed by atoms with Crippen molar-refractivity contribution in [2.75, 3.05) is 0 Å². The zero-order valence-corrected chi connectivity index (χ0v) is 11.8. The first-order chi connectivity index (χ1) is 10.5. The van der Waals surface area contributed by atoms with Gasteiger partial charge in [0.2, 0.25) is 17.7 Å². The highest BCUT2D eigenvalue weighted by Gasteiger charge is 2.29. The summed E-state index contributed by atoms with van der Waals surface area (Å²) in [5, 5.41) is 14.0. The second-order valence-corrected chi connectivity index (χ2v) is 5.14. The fraction of sp³-hybridized carbons (Fsp3) is 0.333. The monoisotopic (exact) mass is 300 g/mol. The molecule has 114 valence electrons. The molecule has 1 saturated heterocycles. The number of amides is 3. The first-order valence-electron chi connectivity index (χ1n) is 6.87. The standard InChI is InChI=1S/C15H16N4O3/c16-8-10-3-1-2-9(6-10)7-12(14(17)21)19-15(22)11-4-5-13(20)18-11/h1-3,6,11-12H,4-5,7H2,(H2,17,21)(H,18,20)(H,19,22)/t11-,12+/m1/s1. The van der Waals surface area contributed by atoms with Crippen LogP contribution in [0.3, 0.4) is 0 Å². The van der Waals surface area contributed by atoms with E-state index in [2.05, 4.69) is 10.6 Å². The molecule has 0 aliphatic carbocycles. The highest BCUT2D eigenvalue weighted by molar-refractivity contribution is 5.93. The van der Waals surface area contributed by atoms with E-state index in [0.717, 1.165) is 5.56 Å². The number of hydrogen-bond donors (Lipinski definition) is 3. The maximum atomic E-state index is 12.0. The highest BCUT2D eigenvalue weighted by atomic mass is 16.2. The van der Waals surface area contributed by atoms with Gasteiger partial charge in [0.25, 0.3) is 0 Å². The van der Waals surface area contributed by atoms with Gasteiger partial charge in [0.15, 0.2) is 0 Å². The molecule has 0 saturated carbocycles. The number of nitriles is 1. The van der Waals surface area contributed by atoms with Crippen LogP contribution in [-0.2, 0) is 20.8 Å². The summed E-state index contributed by atoms with van der Waals surface area (Å²) in [6, 6.07) is 7.23. The molecule has 1 aromatic carbocycles. The molecule has 0 radical (unpaired) electrons. The number of nitrogens with one attached hydrogen (secondary N) is 2. The van der Waals surface area contributed by atoms with Crippen LogP contribution < -0.4 is 16.4 Å². The number of rotatable bonds is 5. The normalized spacial score (nSPS) is 18.1. The fourth-order valence-electron chi connectivity index (χ4n) is 2.31. The van der Waals surface area contributed by atoms with E-state index in [-0.39, 0.29) is 12.3 Å². The lowest BCUT2D eigenvalue weighted by Gasteiger charge is -2.18. The first-order valence-corrected chi connectivity index (χ1v) is 6.87. The average Bonchev–Trinajstić information content (AvgIpc) is 2.93. The lowest BCUT2D eigenvalue weighted by molar-refractivity contribution is -0.129. The quantitative estimate of drug-likeness (QED) is 0.668. The number of carbonyl (C=O) groups excluding carboxylic acids is 3. The van der Waals surface area contributed by atoms with Gasteiger partial charge in [-0.3, -0.25) is 14.4 Å². The van der Waals surface area contributed by atoms with Gasteiger partial charge in [0.05, 0.1) is 11.6 Å². The summed E-state index contributed by atoms with van der Waals surface area (Å²) in [6.45, 7) is 0. The Labute approximate surface area is 127 Å². The van der Waals surface area contributed by atoms with Gasteiger partial charge in [-0.1, -0.05) is 12.1 Å². The number of nitrogens with zero attached hydrogens (tertiary/aromatic N) is 1. The van der Waals surface area contributed by atoms with Gasteiger partial charge in [-0.15, -0.1) is 0 Å². The Balaban J connectivity index is 2.03. The Hall–Kier alpha value is -2.88. The SMILES string of the molecule is N#Cc1cccc(C[C@H](NC(=O)[C@H]2CCC(=O)N2)C(N)=O)c1. The third kappa shape index (κ3) is 3.82. The third-order valence-electron chi connectivity index (χ3n) is 3.47. The summed E-state index contributed by atoms with van der Waals surface area (Å²) in [4.78, 5) is 34.7. The van der Waals surface area contributed by atoms with Crippen molar-refractivity contribution in [1.82, 2.24) is 10.6 Å². The molecule has 22 heavy (non-hydrogen) atoms. The smallest absolute Gasteiger partial charge is 0.243 e. The lowest BCUT2D eigenvalue weighted by atomic mass is 10.0. The van der Waals surface area contributed by atoms with Gasteiger partial charge in [-0.05, 0) is 24.1 Å². The van der Waals surface area contributed by atoms with Gasteiger partial charge >= 0.3 is 0 Å². The Morgan fingerprint density at radius 3 is 2.86 bits per heavy atom. The predicted octanol–water partition coefficient (Wildman–Crippen LogP) is -0.651. The summed E-state index contributed by atoms with van der Waals surface area (Å²) in [5.74, 6) is -1.27. The average molecular weight is 300 g/mol. The molecule has 7 heteroatoms. The van der Waals surface area contributed by atoms with Crippen molar-refractivity contribution in [2.45, 2.75) is 31.3 Å². The van der Waals surface area contributed by atoms with Crippen molar-refractivity contribution in [1.29, 1.82) is 5.26 Å². The largest absolute Gasteiger partial charge is 0.368 e. The van der Waals surface area contributed by atoms with Crippen LogP contribution in [-0.4, -0.2) is 29.8 Å². The molecule has 2 atom stereocenters. The molecule has 2 rings (SSSR count). The number of nitrogens with two attached hydrogens (primary N) is 1. The van der Waals surface area contributed by atoms with Crippen molar-refractivity contribution >= 4 is 17.7 Å². The topological polar surface area (TPSA) is 125 Å². The van der Waals surface area contributed by atoms with Crippen molar-refractivity contribution < 1.29 is 14.4 Å². The Kier molecular flexibility index (Phi) is 4.73. The van der Waals surface area contributed by atoms with Crippen LogP contribution in [0.25, 0.3) is 0 Å². The summed E-state index contributed by atoms with van der Waals surface area (Å²) in [5.41, 5.74) is 6.51. The molecular weight excluding hydrogens is 284 g/mol. The lowest BCUT2D eigenvalue weighted by Crippen LogP contribution is -2.51. The van der Waals surface area contributed by atoms with Crippen LogP contribution in [0.1, 0.15) is 24.0 Å². The molecule has 0 unspecified atom stereocenters. The van der Waals surface area contributed by atoms with Crippen molar-refractivity contribution in [3.05, 3.63) is 35.4 Å². The van der Waals surface area contributed by atoms with Gasteiger partial charge in [-0.25, -0.2) is 0 Å². The van der Waals surface area contributed by atoms with E-state index in [9.17, 15) is 14.4 Å². The van der Waals surface area contributed by atoms with Crippen LogP contribution in [0.4, 0.5) is 0 Å². The molecule has 1 aliphatic heterocycles. The molecule has 0 aromatic heterocycles. The van der Waals surface area contributed by atoms with Gasteiger partial charge in [-0.2, -0.15) is 5.26 Å². The molecule has 1 aromatic rings. The van der Waals surface area contributed by atoms with Crippen LogP contribution in [0.2, 0.25) is 0 Å². The third-order valence-corrected chi connectivity index (χ3v) is 3.47. The Morgan fingerprint density at radius 2 is 2.27 bits per heavy atom. The van der Waals surface area contributed by atoms with E-state index in [1.165, 1.54) is 0 Å². The minimum absolute atomic E-state index is 0.183. The number of carbonyl (C=O) groups is 3. The maximum Gasteiger partial charge on any atom is 0.243 e.